The van der Waals surface area contributed by atoms with Crippen LogP contribution in [0.25, 0.3) is 0 Å². The average Bonchev–Trinajstić information content (AvgIpc) is 2.68. The zero-order valence-corrected chi connectivity index (χ0v) is 9.80. The molecule has 88 valence electrons. The van der Waals surface area contributed by atoms with E-state index >= 15 is 0 Å². The smallest absolute Gasteiger partial charge is 0.0615 e. The summed E-state index contributed by atoms with van der Waals surface area (Å²) in [6.07, 6.45) is 5.51. The van der Waals surface area contributed by atoms with Gasteiger partial charge in [-0.25, -0.2) is 0 Å². The van der Waals surface area contributed by atoms with Crippen LogP contribution < -0.4 is 10.6 Å². The molecule has 2 fully saturated rings. The summed E-state index contributed by atoms with van der Waals surface area (Å²) in [4.78, 5) is 0. The molecule has 3 heteroatoms. The summed E-state index contributed by atoms with van der Waals surface area (Å²) in [5.41, 5.74) is 0. The first-order valence-corrected chi connectivity index (χ1v) is 6.31. The van der Waals surface area contributed by atoms with Gasteiger partial charge in [-0.05, 0) is 57.2 Å². The van der Waals surface area contributed by atoms with Crippen molar-refractivity contribution in [3.05, 3.63) is 0 Å². The molecular weight excluding hydrogens is 188 g/mol. The molecule has 0 aromatic carbocycles. The van der Waals surface area contributed by atoms with E-state index in [1.807, 2.05) is 0 Å². The van der Waals surface area contributed by atoms with Crippen molar-refractivity contribution in [1.82, 2.24) is 10.6 Å². The highest BCUT2D eigenvalue weighted by Crippen LogP contribution is 2.25. The Kier molecular flexibility index (Phi) is 4.42. The lowest BCUT2D eigenvalue weighted by atomic mass is 9.88. The molecule has 0 bridgehead atoms. The molecule has 15 heavy (non-hydrogen) atoms. The molecule has 0 aromatic rings. The summed E-state index contributed by atoms with van der Waals surface area (Å²) >= 11 is 0. The van der Waals surface area contributed by atoms with Crippen molar-refractivity contribution in [3.63, 3.8) is 0 Å². The van der Waals surface area contributed by atoms with Gasteiger partial charge in [0.15, 0.2) is 0 Å². The Hall–Kier alpha value is -0.120. The average molecular weight is 212 g/mol. The third-order valence-electron chi connectivity index (χ3n) is 3.75. The van der Waals surface area contributed by atoms with Crippen LogP contribution in [0.3, 0.4) is 0 Å². The second-order valence-electron chi connectivity index (χ2n) is 5.11. The number of hydrogen-bond acceptors (Lipinski definition) is 3. The maximum Gasteiger partial charge on any atom is 0.0615 e. The predicted molar refractivity (Wildman–Crippen MR) is 62.0 cm³/mol. The van der Waals surface area contributed by atoms with E-state index in [-0.39, 0.29) is 0 Å². The van der Waals surface area contributed by atoms with Gasteiger partial charge in [0, 0.05) is 13.2 Å². The van der Waals surface area contributed by atoms with Crippen LogP contribution >= 0.6 is 0 Å². The zero-order chi connectivity index (χ0) is 10.5. The van der Waals surface area contributed by atoms with Gasteiger partial charge in [-0.2, -0.15) is 0 Å². The molecular formula is C12H24N2O. The topological polar surface area (TPSA) is 33.3 Å². The Labute approximate surface area is 93.0 Å². The Morgan fingerprint density at radius 1 is 1.27 bits per heavy atom. The summed E-state index contributed by atoms with van der Waals surface area (Å²) in [7, 11) is 1.79. The van der Waals surface area contributed by atoms with Gasteiger partial charge < -0.3 is 15.4 Å². The van der Waals surface area contributed by atoms with Crippen molar-refractivity contribution in [2.45, 2.75) is 31.7 Å². The largest absolute Gasteiger partial charge is 0.383 e. The van der Waals surface area contributed by atoms with Crippen molar-refractivity contribution in [2.24, 2.45) is 11.8 Å². The fraction of sp³-hybridized carbons (Fsp3) is 1.00. The molecule has 2 aliphatic rings. The first kappa shape index (κ1) is 11.4. The minimum atomic E-state index is 0.608. The van der Waals surface area contributed by atoms with Gasteiger partial charge in [-0.1, -0.05) is 0 Å². The van der Waals surface area contributed by atoms with E-state index in [9.17, 15) is 0 Å². The van der Waals surface area contributed by atoms with Crippen molar-refractivity contribution in [2.75, 3.05) is 33.4 Å². The molecule has 2 heterocycles. The molecule has 2 rings (SSSR count). The number of nitrogens with one attached hydrogen (secondary N) is 2. The highest BCUT2D eigenvalue weighted by Gasteiger charge is 2.26. The van der Waals surface area contributed by atoms with E-state index in [1.165, 1.54) is 45.3 Å². The number of hydrogen-bond donors (Lipinski definition) is 2. The number of piperidine rings is 1. The molecule has 0 radical (unpaired) electrons. The standard InChI is InChI=1S/C12H24N2O/c1-15-9-12-6-11(8-14-12)5-10-3-2-4-13-7-10/h10-14H,2-9H2,1H3. The van der Waals surface area contributed by atoms with Gasteiger partial charge in [0.05, 0.1) is 6.61 Å². The minimum absolute atomic E-state index is 0.608. The zero-order valence-electron chi connectivity index (χ0n) is 9.80. The van der Waals surface area contributed by atoms with E-state index in [2.05, 4.69) is 10.6 Å². The molecule has 2 N–H and O–H groups in total. The van der Waals surface area contributed by atoms with Crippen LogP contribution in [-0.4, -0.2) is 39.4 Å². The number of ether oxygens (including phenoxy) is 1. The summed E-state index contributed by atoms with van der Waals surface area (Å²) in [6.45, 7) is 4.54. The van der Waals surface area contributed by atoms with Crippen LogP contribution in [0, 0.1) is 11.8 Å². The van der Waals surface area contributed by atoms with Crippen LogP contribution in [0.15, 0.2) is 0 Å². The fourth-order valence-electron chi connectivity index (χ4n) is 3.01. The van der Waals surface area contributed by atoms with E-state index < -0.39 is 0 Å². The Balaban J connectivity index is 1.67. The molecule has 0 saturated carbocycles. The van der Waals surface area contributed by atoms with Gasteiger partial charge in [0.25, 0.3) is 0 Å². The summed E-state index contributed by atoms with van der Waals surface area (Å²) < 4.78 is 5.19. The quantitative estimate of drug-likeness (QED) is 0.729. The second-order valence-corrected chi connectivity index (χ2v) is 5.11. The molecule has 0 aromatic heterocycles. The molecule has 0 spiro atoms. The maximum absolute atomic E-state index is 5.19. The predicted octanol–water partition coefficient (Wildman–Crippen LogP) is 1.00. The lowest BCUT2D eigenvalue weighted by molar-refractivity contribution is 0.171. The molecule has 3 unspecified atom stereocenters. The van der Waals surface area contributed by atoms with Crippen LogP contribution in [0.4, 0.5) is 0 Å². The van der Waals surface area contributed by atoms with Crippen molar-refractivity contribution in [3.8, 4) is 0 Å². The van der Waals surface area contributed by atoms with Crippen molar-refractivity contribution in [1.29, 1.82) is 0 Å². The molecule has 3 atom stereocenters. The Morgan fingerprint density at radius 3 is 2.93 bits per heavy atom. The van der Waals surface area contributed by atoms with Crippen LogP contribution in [0.1, 0.15) is 25.7 Å². The van der Waals surface area contributed by atoms with Crippen LogP contribution in [0.2, 0.25) is 0 Å². The Bertz CT molecular complexity index is 180. The first-order chi connectivity index (χ1) is 7.38. The van der Waals surface area contributed by atoms with Crippen molar-refractivity contribution < 1.29 is 4.74 Å². The maximum atomic E-state index is 5.19. The molecule has 2 saturated heterocycles. The normalized spacial score (nSPS) is 37.0. The van der Waals surface area contributed by atoms with Gasteiger partial charge in [-0.15, -0.1) is 0 Å². The van der Waals surface area contributed by atoms with Gasteiger partial charge in [0.1, 0.15) is 0 Å². The number of rotatable bonds is 4. The first-order valence-electron chi connectivity index (χ1n) is 6.31. The number of methoxy groups -OCH3 is 1. The van der Waals surface area contributed by atoms with E-state index in [1.54, 1.807) is 7.11 Å². The molecule has 2 aliphatic heterocycles. The fourth-order valence-corrected chi connectivity index (χ4v) is 3.01. The SMILES string of the molecule is COCC1CC(CC2CCCNC2)CN1. The molecule has 0 aliphatic carbocycles. The van der Waals surface area contributed by atoms with Gasteiger partial charge in [0.2, 0.25) is 0 Å². The lowest BCUT2D eigenvalue weighted by Crippen LogP contribution is -2.31. The van der Waals surface area contributed by atoms with Crippen molar-refractivity contribution >= 4 is 0 Å². The van der Waals surface area contributed by atoms with Gasteiger partial charge >= 0.3 is 0 Å². The Morgan fingerprint density at radius 2 is 2.20 bits per heavy atom. The summed E-state index contributed by atoms with van der Waals surface area (Å²) in [5, 5.41) is 7.05. The van der Waals surface area contributed by atoms with E-state index in [4.69, 9.17) is 4.74 Å². The van der Waals surface area contributed by atoms with Crippen LogP contribution in [0.5, 0.6) is 0 Å². The minimum Gasteiger partial charge on any atom is -0.383 e. The third-order valence-corrected chi connectivity index (χ3v) is 3.75. The molecule has 0 amide bonds. The summed E-state index contributed by atoms with van der Waals surface area (Å²) in [6, 6.07) is 0.608. The van der Waals surface area contributed by atoms with Gasteiger partial charge in [-0.3, -0.25) is 0 Å². The third kappa shape index (κ3) is 3.44. The van der Waals surface area contributed by atoms with Crippen LogP contribution in [-0.2, 0) is 4.74 Å². The second kappa shape index (κ2) is 5.83. The highest BCUT2D eigenvalue weighted by molar-refractivity contribution is 4.84. The van der Waals surface area contributed by atoms with E-state index in [0.29, 0.717) is 6.04 Å². The molecule has 3 nitrogen and oxygen atoms in total. The van der Waals surface area contributed by atoms with E-state index in [0.717, 1.165) is 18.4 Å². The highest BCUT2D eigenvalue weighted by atomic mass is 16.5. The monoisotopic (exact) mass is 212 g/mol. The summed E-state index contributed by atoms with van der Waals surface area (Å²) in [5.74, 6) is 1.81. The lowest BCUT2D eigenvalue weighted by Gasteiger charge is -2.25.